The Kier molecular flexibility index (Phi) is 5.45. The van der Waals surface area contributed by atoms with Gasteiger partial charge < -0.3 is 10.2 Å². The van der Waals surface area contributed by atoms with Crippen molar-refractivity contribution < 1.29 is 4.79 Å². The first kappa shape index (κ1) is 14.9. The first-order valence-corrected chi connectivity index (χ1v) is 7.91. The van der Waals surface area contributed by atoms with Crippen LogP contribution in [0.25, 0.3) is 0 Å². The Hall–Kier alpha value is -1.51. The van der Waals surface area contributed by atoms with E-state index in [0.29, 0.717) is 6.04 Å². The normalized spacial score (nSPS) is 18.9. The van der Waals surface area contributed by atoms with Crippen LogP contribution in [-0.2, 0) is 6.42 Å². The number of urea groups is 1. The summed E-state index contributed by atoms with van der Waals surface area (Å²) in [7, 11) is 0. The molecular formula is C17H26N2O. The van der Waals surface area contributed by atoms with Crippen LogP contribution in [0.15, 0.2) is 24.3 Å². The number of carbonyl (C=O) groups is 1. The van der Waals surface area contributed by atoms with Crippen molar-refractivity contribution in [3.8, 4) is 0 Å². The molecule has 0 aliphatic carbocycles. The molecule has 1 fully saturated rings. The number of carbonyl (C=O) groups excluding carboxylic acids is 1. The van der Waals surface area contributed by atoms with E-state index >= 15 is 0 Å². The van der Waals surface area contributed by atoms with Gasteiger partial charge in [0.2, 0.25) is 0 Å². The highest BCUT2D eigenvalue weighted by Gasteiger charge is 2.25. The minimum absolute atomic E-state index is 0.0554. The standard InChI is InChI=1S/C17H26N2O/c1-3-7-14-9-11-15(12-10-14)18-17(20)19-13-6-5-8-16(19)4-2/h9-12,16H,3-8,13H2,1-2H3,(H,18,20). The fraction of sp³-hybridized carbons (Fsp3) is 0.588. The number of nitrogens with zero attached hydrogens (tertiary/aromatic N) is 1. The molecular weight excluding hydrogens is 248 g/mol. The third-order valence-corrected chi connectivity index (χ3v) is 4.10. The molecule has 1 atom stereocenters. The van der Waals surface area contributed by atoms with Gasteiger partial charge in [0.1, 0.15) is 0 Å². The van der Waals surface area contributed by atoms with Gasteiger partial charge in [-0.3, -0.25) is 0 Å². The molecule has 1 unspecified atom stereocenters. The molecule has 1 heterocycles. The van der Waals surface area contributed by atoms with Crippen LogP contribution in [0.3, 0.4) is 0 Å². The van der Waals surface area contributed by atoms with Crippen molar-refractivity contribution in [3.63, 3.8) is 0 Å². The summed E-state index contributed by atoms with van der Waals surface area (Å²) in [5.41, 5.74) is 2.23. The highest BCUT2D eigenvalue weighted by Crippen LogP contribution is 2.21. The van der Waals surface area contributed by atoms with Gasteiger partial charge in [0.05, 0.1) is 0 Å². The zero-order chi connectivity index (χ0) is 14.4. The first-order chi connectivity index (χ1) is 9.74. The van der Waals surface area contributed by atoms with Crippen LogP contribution >= 0.6 is 0 Å². The predicted molar refractivity (Wildman–Crippen MR) is 84.1 cm³/mol. The quantitative estimate of drug-likeness (QED) is 0.865. The summed E-state index contributed by atoms with van der Waals surface area (Å²) < 4.78 is 0. The maximum atomic E-state index is 12.4. The highest BCUT2D eigenvalue weighted by molar-refractivity contribution is 5.89. The van der Waals surface area contributed by atoms with Gasteiger partial charge in [-0.05, 0) is 49.8 Å². The van der Waals surface area contributed by atoms with Crippen molar-refractivity contribution in [2.24, 2.45) is 0 Å². The average Bonchev–Trinajstić information content (AvgIpc) is 2.49. The van der Waals surface area contributed by atoms with E-state index in [1.54, 1.807) is 0 Å². The van der Waals surface area contributed by atoms with Crippen LogP contribution in [-0.4, -0.2) is 23.5 Å². The molecule has 1 N–H and O–H groups in total. The van der Waals surface area contributed by atoms with E-state index in [9.17, 15) is 4.79 Å². The second-order valence-corrected chi connectivity index (χ2v) is 5.63. The Morgan fingerprint density at radius 2 is 2.00 bits per heavy atom. The Labute approximate surface area is 122 Å². The van der Waals surface area contributed by atoms with Crippen LogP contribution in [0.2, 0.25) is 0 Å². The zero-order valence-corrected chi connectivity index (χ0v) is 12.7. The molecule has 0 aromatic heterocycles. The monoisotopic (exact) mass is 274 g/mol. The fourth-order valence-electron chi connectivity index (χ4n) is 2.93. The van der Waals surface area contributed by atoms with Crippen molar-refractivity contribution in [3.05, 3.63) is 29.8 Å². The number of hydrogen-bond donors (Lipinski definition) is 1. The molecule has 2 rings (SSSR count). The van der Waals surface area contributed by atoms with Gasteiger partial charge in [-0.1, -0.05) is 32.4 Å². The van der Waals surface area contributed by atoms with Crippen molar-refractivity contribution >= 4 is 11.7 Å². The van der Waals surface area contributed by atoms with E-state index in [4.69, 9.17) is 0 Å². The molecule has 0 saturated carbocycles. The fourth-order valence-corrected chi connectivity index (χ4v) is 2.93. The molecule has 110 valence electrons. The highest BCUT2D eigenvalue weighted by atomic mass is 16.2. The number of aryl methyl sites for hydroxylation is 1. The molecule has 2 amide bonds. The molecule has 0 radical (unpaired) electrons. The zero-order valence-electron chi connectivity index (χ0n) is 12.7. The predicted octanol–water partition coefficient (Wildman–Crippen LogP) is 4.44. The summed E-state index contributed by atoms with van der Waals surface area (Å²) >= 11 is 0. The smallest absolute Gasteiger partial charge is 0.322 e. The van der Waals surface area contributed by atoms with Crippen molar-refractivity contribution in [2.45, 2.75) is 58.4 Å². The molecule has 1 aromatic rings. The van der Waals surface area contributed by atoms with E-state index in [-0.39, 0.29) is 6.03 Å². The van der Waals surface area contributed by atoms with E-state index in [1.807, 2.05) is 17.0 Å². The topological polar surface area (TPSA) is 32.3 Å². The Morgan fingerprint density at radius 3 is 2.65 bits per heavy atom. The second-order valence-electron chi connectivity index (χ2n) is 5.63. The Bertz CT molecular complexity index is 427. The summed E-state index contributed by atoms with van der Waals surface area (Å²) in [6.07, 6.45) is 6.80. The minimum Gasteiger partial charge on any atom is -0.322 e. The molecule has 1 aromatic carbocycles. The minimum atomic E-state index is 0.0554. The number of hydrogen-bond acceptors (Lipinski definition) is 1. The second kappa shape index (κ2) is 7.32. The van der Waals surface area contributed by atoms with Crippen molar-refractivity contribution in [2.75, 3.05) is 11.9 Å². The number of anilines is 1. The van der Waals surface area contributed by atoms with Gasteiger partial charge in [-0.2, -0.15) is 0 Å². The number of piperidine rings is 1. The Balaban J connectivity index is 1.96. The lowest BCUT2D eigenvalue weighted by molar-refractivity contribution is 0.160. The van der Waals surface area contributed by atoms with Crippen molar-refractivity contribution in [1.29, 1.82) is 0 Å². The maximum absolute atomic E-state index is 12.4. The summed E-state index contributed by atoms with van der Waals surface area (Å²) in [5, 5.41) is 3.03. The van der Waals surface area contributed by atoms with Crippen LogP contribution < -0.4 is 5.32 Å². The Morgan fingerprint density at radius 1 is 1.25 bits per heavy atom. The molecule has 0 spiro atoms. The SMILES string of the molecule is CCCc1ccc(NC(=O)N2CCCCC2CC)cc1. The van der Waals surface area contributed by atoms with Gasteiger partial charge in [0, 0.05) is 18.3 Å². The van der Waals surface area contributed by atoms with Gasteiger partial charge in [-0.25, -0.2) is 4.79 Å². The lowest BCUT2D eigenvalue weighted by Gasteiger charge is -2.35. The molecule has 1 aliphatic rings. The molecule has 20 heavy (non-hydrogen) atoms. The lowest BCUT2D eigenvalue weighted by Crippen LogP contribution is -2.45. The third-order valence-electron chi connectivity index (χ3n) is 4.10. The average molecular weight is 274 g/mol. The number of benzene rings is 1. The molecule has 3 heteroatoms. The summed E-state index contributed by atoms with van der Waals surface area (Å²) in [5.74, 6) is 0. The summed E-state index contributed by atoms with van der Waals surface area (Å²) in [6, 6.07) is 8.68. The lowest BCUT2D eigenvalue weighted by atomic mass is 10.0. The van der Waals surface area contributed by atoms with Gasteiger partial charge >= 0.3 is 6.03 Å². The number of amides is 2. The van der Waals surface area contributed by atoms with Crippen LogP contribution in [0.1, 0.15) is 51.5 Å². The van der Waals surface area contributed by atoms with E-state index in [0.717, 1.165) is 44.3 Å². The maximum Gasteiger partial charge on any atom is 0.322 e. The molecule has 1 saturated heterocycles. The molecule has 0 bridgehead atoms. The number of nitrogens with one attached hydrogen (secondary N) is 1. The van der Waals surface area contributed by atoms with Crippen LogP contribution in [0, 0.1) is 0 Å². The van der Waals surface area contributed by atoms with Crippen LogP contribution in [0.4, 0.5) is 10.5 Å². The molecule has 1 aliphatic heterocycles. The van der Waals surface area contributed by atoms with Gasteiger partial charge in [0.25, 0.3) is 0 Å². The van der Waals surface area contributed by atoms with Gasteiger partial charge in [-0.15, -0.1) is 0 Å². The number of rotatable bonds is 4. The summed E-state index contributed by atoms with van der Waals surface area (Å²) in [6.45, 7) is 5.23. The van der Waals surface area contributed by atoms with E-state index in [2.05, 4.69) is 31.3 Å². The first-order valence-electron chi connectivity index (χ1n) is 7.91. The van der Waals surface area contributed by atoms with E-state index in [1.165, 1.54) is 12.0 Å². The van der Waals surface area contributed by atoms with Gasteiger partial charge in [0.15, 0.2) is 0 Å². The largest absolute Gasteiger partial charge is 0.322 e. The third kappa shape index (κ3) is 3.75. The number of likely N-dealkylation sites (tertiary alicyclic amines) is 1. The van der Waals surface area contributed by atoms with Crippen molar-refractivity contribution in [1.82, 2.24) is 4.90 Å². The summed E-state index contributed by atoms with van der Waals surface area (Å²) in [4.78, 5) is 14.4. The van der Waals surface area contributed by atoms with E-state index < -0.39 is 0 Å². The molecule has 3 nitrogen and oxygen atoms in total. The van der Waals surface area contributed by atoms with Crippen LogP contribution in [0.5, 0.6) is 0 Å².